The molecule has 146 valence electrons. The van der Waals surface area contributed by atoms with E-state index in [-0.39, 0.29) is 5.91 Å². The van der Waals surface area contributed by atoms with Crippen LogP contribution in [0.3, 0.4) is 0 Å². The van der Waals surface area contributed by atoms with Gasteiger partial charge in [0.05, 0.1) is 25.4 Å². The first kappa shape index (κ1) is 18.6. The summed E-state index contributed by atoms with van der Waals surface area (Å²) in [6, 6.07) is 19.5. The summed E-state index contributed by atoms with van der Waals surface area (Å²) in [5, 5.41) is 7.24. The van der Waals surface area contributed by atoms with E-state index in [0.29, 0.717) is 18.7 Å². The third-order valence-corrected chi connectivity index (χ3v) is 4.71. The summed E-state index contributed by atoms with van der Waals surface area (Å²) in [5.41, 5.74) is 3.81. The van der Waals surface area contributed by atoms with Gasteiger partial charge < -0.3 is 20.4 Å². The van der Waals surface area contributed by atoms with Crippen molar-refractivity contribution in [2.75, 3.05) is 17.7 Å². The van der Waals surface area contributed by atoms with E-state index in [9.17, 15) is 4.79 Å². The SMILES string of the molecule is COc1ccc(CNc2ccc(NC(=O)Cc3c[nH]c4ccccc34)cn2)cc1. The molecule has 0 spiro atoms. The molecule has 2 heterocycles. The lowest BCUT2D eigenvalue weighted by Gasteiger charge is -2.08. The van der Waals surface area contributed by atoms with Gasteiger partial charge in [0.15, 0.2) is 0 Å². The van der Waals surface area contributed by atoms with E-state index in [1.54, 1.807) is 13.3 Å². The summed E-state index contributed by atoms with van der Waals surface area (Å²) in [6.45, 7) is 0.656. The standard InChI is InChI=1S/C23H22N4O2/c1-29-19-9-6-16(7-10-19)13-25-22-11-8-18(15-26-22)27-23(28)12-17-14-24-21-5-3-2-4-20(17)21/h2-11,14-15,24H,12-13H2,1H3,(H,25,26)(H,27,28). The molecule has 0 fully saturated rings. The van der Waals surface area contributed by atoms with E-state index in [1.165, 1.54) is 0 Å². The summed E-state index contributed by atoms with van der Waals surface area (Å²) >= 11 is 0. The van der Waals surface area contributed by atoms with Crippen LogP contribution in [0.4, 0.5) is 11.5 Å². The average Bonchev–Trinajstić information content (AvgIpc) is 3.16. The molecule has 3 N–H and O–H groups in total. The number of carbonyl (C=O) groups is 1. The van der Waals surface area contributed by atoms with Gasteiger partial charge >= 0.3 is 0 Å². The number of methoxy groups -OCH3 is 1. The number of carbonyl (C=O) groups excluding carboxylic acids is 1. The van der Waals surface area contributed by atoms with E-state index in [1.807, 2.05) is 66.9 Å². The number of amides is 1. The van der Waals surface area contributed by atoms with E-state index >= 15 is 0 Å². The number of hydrogen-bond acceptors (Lipinski definition) is 4. The molecule has 4 aromatic rings. The first-order valence-electron chi connectivity index (χ1n) is 9.39. The largest absolute Gasteiger partial charge is 0.497 e. The minimum absolute atomic E-state index is 0.0736. The second kappa shape index (κ2) is 8.48. The van der Waals surface area contributed by atoms with Gasteiger partial charge in [0.2, 0.25) is 5.91 Å². The van der Waals surface area contributed by atoms with Crippen molar-refractivity contribution in [3.8, 4) is 5.75 Å². The van der Waals surface area contributed by atoms with Crippen molar-refractivity contribution in [3.05, 3.63) is 84.2 Å². The Balaban J connectivity index is 1.32. The minimum atomic E-state index is -0.0736. The smallest absolute Gasteiger partial charge is 0.228 e. The molecule has 0 atom stereocenters. The lowest BCUT2D eigenvalue weighted by Crippen LogP contribution is -2.14. The van der Waals surface area contributed by atoms with Crippen molar-refractivity contribution in [1.82, 2.24) is 9.97 Å². The van der Waals surface area contributed by atoms with Crippen molar-refractivity contribution in [3.63, 3.8) is 0 Å². The Labute approximate surface area is 168 Å². The zero-order valence-corrected chi connectivity index (χ0v) is 16.1. The van der Waals surface area contributed by atoms with Crippen LogP contribution in [0.2, 0.25) is 0 Å². The number of hydrogen-bond donors (Lipinski definition) is 3. The molecular weight excluding hydrogens is 364 g/mol. The van der Waals surface area contributed by atoms with E-state index in [4.69, 9.17) is 4.74 Å². The number of ether oxygens (including phenoxy) is 1. The second-order valence-corrected chi connectivity index (χ2v) is 6.72. The Kier molecular flexibility index (Phi) is 5.42. The van der Waals surface area contributed by atoms with E-state index in [0.717, 1.165) is 33.6 Å². The zero-order valence-electron chi connectivity index (χ0n) is 16.1. The first-order valence-corrected chi connectivity index (χ1v) is 9.39. The molecule has 1 amide bonds. The highest BCUT2D eigenvalue weighted by atomic mass is 16.5. The van der Waals surface area contributed by atoms with Crippen molar-refractivity contribution in [2.24, 2.45) is 0 Å². The molecule has 6 heteroatoms. The van der Waals surface area contributed by atoms with Crippen LogP contribution in [0.5, 0.6) is 5.75 Å². The Morgan fingerprint density at radius 3 is 2.66 bits per heavy atom. The lowest BCUT2D eigenvalue weighted by molar-refractivity contribution is -0.115. The van der Waals surface area contributed by atoms with Crippen LogP contribution in [0.1, 0.15) is 11.1 Å². The summed E-state index contributed by atoms with van der Waals surface area (Å²) in [7, 11) is 1.65. The van der Waals surface area contributed by atoms with E-state index in [2.05, 4.69) is 20.6 Å². The summed E-state index contributed by atoms with van der Waals surface area (Å²) < 4.78 is 5.16. The maximum absolute atomic E-state index is 12.4. The second-order valence-electron chi connectivity index (χ2n) is 6.72. The van der Waals surface area contributed by atoms with E-state index < -0.39 is 0 Å². The molecule has 0 aliphatic rings. The van der Waals surface area contributed by atoms with Crippen molar-refractivity contribution in [1.29, 1.82) is 0 Å². The maximum atomic E-state index is 12.4. The van der Waals surface area contributed by atoms with Crippen LogP contribution >= 0.6 is 0 Å². The predicted molar refractivity (Wildman–Crippen MR) is 115 cm³/mol. The predicted octanol–water partition coefficient (Wildman–Crippen LogP) is 4.36. The molecule has 29 heavy (non-hydrogen) atoms. The molecule has 0 aliphatic carbocycles. The number of nitrogens with one attached hydrogen (secondary N) is 3. The number of rotatable bonds is 7. The number of benzene rings is 2. The number of pyridine rings is 1. The number of nitrogens with zero attached hydrogens (tertiary/aromatic N) is 1. The minimum Gasteiger partial charge on any atom is -0.497 e. The van der Waals surface area contributed by atoms with Gasteiger partial charge in [0.25, 0.3) is 0 Å². The van der Waals surface area contributed by atoms with Crippen molar-refractivity contribution in [2.45, 2.75) is 13.0 Å². The number of anilines is 2. The fourth-order valence-electron chi connectivity index (χ4n) is 3.16. The molecule has 4 rings (SSSR count). The molecule has 0 aliphatic heterocycles. The topological polar surface area (TPSA) is 79.0 Å². The molecule has 0 saturated carbocycles. The van der Waals surface area contributed by atoms with Crippen LogP contribution in [-0.4, -0.2) is 23.0 Å². The number of aromatic nitrogens is 2. The molecule has 2 aromatic carbocycles. The van der Waals surface area contributed by atoms with Crippen LogP contribution in [0.25, 0.3) is 10.9 Å². The van der Waals surface area contributed by atoms with Gasteiger partial charge in [0.1, 0.15) is 11.6 Å². The van der Waals surface area contributed by atoms with Crippen LogP contribution in [0.15, 0.2) is 73.1 Å². The molecule has 0 radical (unpaired) electrons. The van der Waals surface area contributed by atoms with Gasteiger partial charge in [-0.3, -0.25) is 4.79 Å². The molecule has 0 unspecified atom stereocenters. The number of para-hydroxylation sites is 1. The summed E-state index contributed by atoms with van der Waals surface area (Å²) in [6.07, 6.45) is 3.85. The van der Waals surface area contributed by atoms with Gasteiger partial charge in [0, 0.05) is 23.6 Å². The third kappa shape index (κ3) is 4.55. The molecular formula is C23H22N4O2. The lowest BCUT2D eigenvalue weighted by atomic mass is 10.1. The Morgan fingerprint density at radius 1 is 1.07 bits per heavy atom. The van der Waals surface area contributed by atoms with Crippen LogP contribution in [-0.2, 0) is 17.8 Å². The Hall–Kier alpha value is -3.80. The number of aromatic amines is 1. The maximum Gasteiger partial charge on any atom is 0.228 e. The molecule has 0 bridgehead atoms. The average molecular weight is 386 g/mol. The first-order chi connectivity index (χ1) is 14.2. The van der Waals surface area contributed by atoms with Crippen molar-refractivity contribution >= 4 is 28.3 Å². The highest BCUT2D eigenvalue weighted by Gasteiger charge is 2.09. The fourth-order valence-corrected chi connectivity index (χ4v) is 3.16. The van der Waals surface area contributed by atoms with Gasteiger partial charge in [-0.15, -0.1) is 0 Å². The quantitative estimate of drug-likeness (QED) is 0.441. The third-order valence-electron chi connectivity index (χ3n) is 4.71. The zero-order chi connectivity index (χ0) is 20.1. The van der Waals surface area contributed by atoms with Gasteiger partial charge in [-0.25, -0.2) is 4.98 Å². The highest BCUT2D eigenvalue weighted by molar-refractivity contribution is 5.95. The Morgan fingerprint density at radius 2 is 1.90 bits per heavy atom. The van der Waals surface area contributed by atoms with Crippen LogP contribution in [0, 0.1) is 0 Å². The normalized spacial score (nSPS) is 10.7. The monoisotopic (exact) mass is 386 g/mol. The van der Waals surface area contributed by atoms with Crippen LogP contribution < -0.4 is 15.4 Å². The summed E-state index contributed by atoms with van der Waals surface area (Å²) in [4.78, 5) is 20.0. The molecule has 0 saturated heterocycles. The summed E-state index contributed by atoms with van der Waals surface area (Å²) in [5.74, 6) is 1.51. The Bertz CT molecular complexity index is 1100. The van der Waals surface area contributed by atoms with Gasteiger partial charge in [-0.1, -0.05) is 30.3 Å². The molecule has 6 nitrogen and oxygen atoms in total. The van der Waals surface area contributed by atoms with Gasteiger partial charge in [-0.2, -0.15) is 0 Å². The van der Waals surface area contributed by atoms with Crippen molar-refractivity contribution < 1.29 is 9.53 Å². The van der Waals surface area contributed by atoms with Gasteiger partial charge in [-0.05, 0) is 41.5 Å². The fraction of sp³-hybridized carbons (Fsp3) is 0.130. The molecule has 2 aromatic heterocycles. The number of H-pyrrole nitrogens is 1. The highest BCUT2D eigenvalue weighted by Crippen LogP contribution is 2.19. The number of fused-ring (bicyclic) bond motifs is 1.